The molecular formula is C27H37N5O2. The van der Waals surface area contributed by atoms with Gasteiger partial charge >= 0.3 is 0 Å². The van der Waals surface area contributed by atoms with Gasteiger partial charge in [-0.15, -0.1) is 10.2 Å². The Morgan fingerprint density at radius 1 is 1.00 bits per heavy atom. The SMILES string of the molecule is CCC(C)N(CC(=O)N1CCCN(c2ccc(-c3ccc(C)cc3)nn2)CC1)C(=O)C1CCC1. The van der Waals surface area contributed by atoms with Crippen LogP contribution in [0.1, 0.15) is 51.5 Å². The lowest BCUT2D eigenvalue weighted by molar-refractivity contribution is -0.146. The topological polar surface area (TPSA) is 69.6 Å². The van der Waals surface area contributed by atoms with E-state index in [-0.39, 0.29) is 30.3 Å². The van der Waals surface area contributed by atoms with Crippen molar-refractivity contribution in [3.8, 4) is 11.3 Å². The number of nitrogens with zero attached hydrogens (tertiary/aromatic N) is 5. The number of rotatable bonds is 7. The van der Waals surface area contributed by atoms with Crippen LogP contribution in [0.3, 0.4) is 0 Å². The van der Waals surface area contributed by atoms with Crippen LogP contribution in [-0.2, 0) is 9.59 Å². The second-order valence-corrected chi connectivity index (χ2v) is 9.72. The fourth-order valence-corrected chi connectivity index (χ4v) is 4.57. The predicted molar refractivity (Wildman–Crippen MR) is 134 cm³/mol. The molecule has 0 N–H and O–H groups in total. The minimum Gasteiger partial charge on any atom is -0.353 e. The summed E-state index contributed by atoms with van der Waals surface area (Å²) in [5, 5.41) is 8.91. The van der Waals surface area contributed by atoms with Crippen LogP contribution in [0.25, 0.3) is 11.3 Å². The van der Waals surface area contributed by atoms with Crippen molar-refractivity contribution >= 4 is 17.6 Å². The molecule has 2 fully saturated rings. The van der Waals surface area contributed by atoms with Gasteiger partial charge in [0, 0.05) is 43.7 Å². The van der Waals surface area contributed by atoms with Crippen LogP contribution in [0.2, 0.25) is 0 Å². The van der Waals surface area contributed by atoms with E-state index in [4.69, 9.17) is 0 Å². The number of hydrogen-bond acceptors (Lipinski definition) is 5. The van der Waals surface area contributed by atoms with E-state index in [1.807, 2.05) is 28.9 Å². The molecule has 1 aromatic carbocycles. The Labute approximate surface area is 203 Å². The van der Waals surface area contributed by atoms with Crippen LogP contribution in [0, 0.1) is 12.8 Å². The number of benzene rings is 1. The first kappa shape index (κ1) is 24.2. The van der Waals surface area contributed by atoms with Crippen molar-refractivity contribution in [2.45, 2.75) is 58.9 Å². The second-order valence-electron chi connectivity index (χ2n) is 9.72. The molecule has 1 aliphatic carbocycles. The average Bonchev–Trinajstić information content (AvgIpc) is 3.08. The minimum absolute atomic E-state index is 0.0515. The molecule has 2 aromatic rings. The van der Waals surface area contributed by atoms with Crippen LogP contribution < -0.4 is 4.90 Å². The highest BCUT2D eigenvalue weighted by Gasteiger charge is 2.33. The van der Waals surface area contributed by atoms with E-state index >= 15 is 0 Å². The number of aromatic nitrogens is 2. The van der Waals surface area contributed by atoms with Crippen LogP contribution in [0.5, 0.6) is 0 Å². The van der Waals surface area contributed by atoms with Crippen molar-refractivity contribution < 1.29 is 9.59 Å². The fourth-order valence-electron chi connectivity index (χ4n) is 4.57. The van der Waals surface area contributed by atoms with Crippen molar-refractivity contribution in [2.75, 3.05) is 37.6 Å². The van der Waals surface area contributed by atoms with Crippen LogP contribution in [0.15, 0.2) is 36.4 Å². The van der Waals surface area contributed by atoms with Crippen LogP contribution >= 0.6 is 0 Å². The summed E-state index contributed by atoms with van der Waals surface area (Å²) in [5.41, 5.74) is 3.13. The number of carbonyl (C=O) groups excluding carboxylic acids is 2. The van der Waals surface area contributed by atoms with Gasteiger partial charge in [0.05, 0.1) is 12.2 Å². The van der Waals surface area contributed by atoms with Gasteiger partial charge in [-0.25, -0.2) is 0 Å². The molecule has 1 aliphatic heterocycles. The molecule has 2 amide bonds. The molecule has 182 valence electrons. The number of carbonyl (C=O) groups is 2. The smallest absolute Gasteiger partial charge is 0.242 e. The minimum atomic E-state index is 0.0515. The van der Waals surface area contributed by atoms with E-state index < -0.39 is 0 Å². The van der Waals surface area contributed by atoms with Crippen LogP contribution in [-0.4, -0.2) is 70.6 Å². The number of hydrogen-bond donors (Lipinski definition) is 0. The molecule has 2 aliphatic rings. The standard InChI is InChI=1S/C27H37N5O2/c1-4-21(3)32(27(34)23-7-5-8-23)19-26(33)31-16-6-15-30(17-18-31)25-14-13-24(28-29-25)22-11-9-20(2)10-12-22/h9-14,21,23H,4-8,15-19H2,1-3H3. The molecule has 7 heteroatoms. The lowest BCUT2D eigenvalue weighted by Gasteiger charge is -2.36. The molecule has 1 saturated carbocycles. The Morgan fingerprint density at radius 3 is 2.38 bits per heavy atom. The first-order valence-corrected chi connectivity index (χ1v) is 12.7. The highest BCUT2D eigenvalue weighted by Crippen LogP contribution is 2.29. The van der Waals surface area contributed by atoms with E-state index in [0.29, 0.717) is 19.6 Å². The van der Waals surface area contributed by atoms with Crippen LogP contribution in [0.4, 0.5) is 5.82 Å². The van der Waals surface area contributed by atoms with E-state index in [2.05, 4.69) is 53.2 Å². The zero-order valence-corrected chi connectivity index (χ0v) is 20.7. The second kappa shape index (κ2) is 11.0. The third-order valence-electron chi connectivity index (χ3n) is 7.34. The summed E-state index contributed by atoms with van der Waals surface area (Å²) in [6.07, 6.45) is 4.77. The first-order chi connectivity index (χ1) is 16.5. The molecule has 1 atom stereocenters. The summed E-state index contributed by atoms with van der Waals surface area (Å²) in [5.74, 6) is 1.17. The van der Waals surface area contributed by atoms with Gasteiger partial charge in [-0.3, -0.25) is 9.59 Å². The molecule has 1 aromatic heterocycles. The molecule has 1 saturated heterocycles. The molecule has 34 heavy (non-hydrogen) atoms. The maximum atomic E-state index is 13.2. The monoisotopic (exact) mass is 463 g/mol. The normalized spacial score (nSPS) is 17.6. The Hall–Kier alpha value is -2.96. The summed E-state index contributed by atoms with van der Waals surface area (Å²) in [4.78, 5) is 32.0. The van der Waals surface area contributed by atoms with Gasteiger partial charge < -0.3 is 14.7 Å². The molecule has 4 rings (SSSR count). The molecule has 0 bridgehead atoms. The Bertz CT molecular complexity index is 972. The fraction of sp³-hybridized carbons (Fsp3) is 0.556. The Morgan fingerprint density at radius 2 is 1.76 bits per heavy atom. The van der Waals surface area contributed by atoms with E-state index in [9.17, 15) is 9.59 Å². The molecular weight excluding hydrogens is 426 g/mol. The lowest BCUT2D eigenvalue weighted by Crippen LogP contribution is -2.50. The van der Waals surface area contributed by atoms with Gasteiger partial charge in [-0.05, 0) is 51.7 Å². The van der Waals surface area contributed by atoms with Crippen molar-refractivity contribution in [3.05, 3.63) is 42.0 Å². The third-order valence-corrected chi connectivity index (χ3v) is 7.34. The average molecular weight is 464 g/mol. The largest absolute Gasteiger partial charge is 0.353 e. The van der Waals surface area contributed by atoms with Gasteiger partial charge in [-0.1, -0.05) is 43.2 Å². The van der Waals surface area contributed by atoms with Crippen molar-refractivity contribution in [2.24, 2.45) is 5.92 Å². The first-order valence-electron chi connectivity index (χ1n) is 12.7. The maximum absolute atomic E-state index is 13.2. The highest BCUT2D eigenvalue weighted by atomic mass is 16.2. The van der Waals surface area contributed by atoms with Gasteiger partial charge in [0.1, 0.15) is 0 Å². The zero-order chi connectivity index (χ0) is 24.1. The third kappa shape index (κ3) is 5.57. The van der Waals surface area contributed by atoms with Crippen molar-refractivity contribution in [1.82, 2.24) is 20.0 Å². The maximum Gasteiger partial charge on any atom is 0.242 e. The predicted octanol–water partition coefficient (Wildman–Crippen LogP) is 3.92. The quantitative estimate of drug-likeness (QED) is 0.623. The number of aryl methyl sites for hydroxylation is 1. The highest BCUT2D eigenvalue weighted by molar-refractivity contribution is 5.86. The Kier molecular flexibility index (Phi) is 7.80. The zero-order valence-electron chi connectivity index (χ0n) is 20.7. The molecule has 7 nitrogen and oxygen atoms in total. The van der Waals surface area contributed by atoms with Gasteiger partial charge in [0.15, 0.2) is 5.82 Å². The summed E-state index contributed by atoms with van der Waals surface area (Å²) in [7, 11) is 0. The molecule has 1 unspecified atom stereocenters. The van der Waals surface area contributed by atoms with Gasteiger partial charge in [-0.2, -0.15) is 0 Å². The summed E-state index contributed by atoms with van der Waals surface area (Å²) >= 11 is 0. The van der Waals surface area contributed by atoms with E-state index in [0.717, 1.165) is 55.7 Å². The molecule has 2 heterocycles. The van der Waals surface area contributed by atoms with Crippen molar-refractivity contribution in [3.63, 3.8) is 0 Å². The summed E-state index contributed by atoms with van der Waals surface area (Å²) in [6.45, 7) is 9.26. The van der Waals surface area contributed by atoms with Crippen molar-refractivity contribution in [1.29, 1.82) is 0 Å². The molecule has 0 radical (unpaired) electrons. The number of amides is 2. The summed E-state index contributed by atoms with van der Waals surface area (Å²) in [6, 6.07) is 12.4. The lowest BCUT2D eigenvalue weighted by atomic mass is 9.84. The molecule has 0 spiro atoms. The Balaban J connectivity index is 1.36. The van der Waals surface area contributed by atoms with Gasteiger partial charge in [0.2, 0.25) is 11.8 Å². The number of anilines is 1. The summed E-state index contributed by atoms with van der Waals surface area (Å²) < 4.78 is 0. The van der Waals surface area contributed by atoms with Gasteiger partial charge in [0.25, 0.3) is 0 Å². The van der Waals surface area contributed by atoms with E-state index in [1.54, 1.807) is 0 Å². The van der Waals surface area contributed by atoms with E-state index in [1.165, 1.54) is 5.56 Å².